The fourth-order valence-corrected chi connectivity index (χ4v) is 4.88. The molecule has 6 atom stereocenters. The van der Waals surface area contributed by atoms with Gasteiger partial charge in [-0.2, -0.15) is 0 Å². The quantitative estimate of drug-likeness (QED) is 0.567. The fraction of sp³-hybridized carbons (Fsp3) is 0.750. The molecule has 0 radical (unpaired) electrons. The minimum absolute atomic E-state index is 0.0460. The van der Waals surface area contributed by atoms with Crippen LogP contribution in [-0.2, 0) is 19.1 Å². The van der Waals surface area contributed by atoms with Gasteiger partial charge in [-0.15, -0.1) is 0 Å². The van der Waals surface area contributed by atoms with Crippen LogP contribution in [0, 0.1) is 23.2 Å². The lowest BCUT2D eigenvalue weighted by Crippen LogP contribution is -2.57. The highest BCUT2D eigenvalue weighted by atomic mass is 16.6. The Morgan fingerprint density at radius 3 is 2.59 bits per heavy atom. The summed E-state index contributed by atoms with van der Waals surface area (Å²) in [6.45, 7) is 5.10. The number of hydrogen-bond acceptors (Lipinski definition) is 6. The minimum Gasteiger partial charge on any atom is -0.466 e. The second-order valence-corrected chi connectivity index (χ2v) is 7.14. The average molecular weight is 310 g/mol. The number of rotatable bonds is 2. The summed E-state index contributed by atoms with van der Waals surface area (Å²) in [5.74, 6) is -1.37. The van der Waals surface area contributed by atoms with Gasteiger partial charge >= 0.3 is 11.9 Å². The zero-order chi connectivity index (χ0) is 16.4. The van der Waals surface area contributed by atoms with Crippen LogP contribution in [0.5, 0.6) is 0 Å². The van der Waals surface area contributed by atoms with E-state index in [0.717, 1.165) is 6.42 Å². The van der Waals surface area contributed by atoms with Gasteiger partial charge in [0, 0.05) is 29.4 Å². The van der Waals surface area contributed by atoms with Gasteiger partial charge in [-0.25, -0.2) is 9.59 Å². The first kappa shape index (κ1) is 15.5. The first-order valence-corrected chi connectivity index (χ1v) is 7.53. The van der Waals surface area contributed by atoms with E-state index in [0.29, 0.717) is 0 Å². The molecule has 0 spiro atoms. The van der Waals surface area contributed by atoms with Gasteiger partial charge in [-0.3, -0.25) is 0 Å². The van der Waals surface area contributed by atoms with Gasteiger partial charge in [0.05, 0.1) is 18.8 Å². The van der Waals surface area contributed by atoms with Crippen LogP contribution >= 0.6 is 0 Å². The monoisotopic (exact) mass is 310 g/mol. The van der Waals surface area contributed by atoms with E-state index >= 15 is 0 Å². The third-order valence-corrected chi connectivity index (χ3v) is 6.08. The highest BCUT2D eigenvalue weighted by Gasteiger charge is 2.76. The van der Waals surface area contributed by atoms with Crippen molar-refractivity contribution in [3.8, 4) is 0 Å². The van der Waals surface area contributed by atoms with Crippen molar-refractivity contribution in [3.63, 3.8) is 0 Å². The van der Waals surface area contributed by atoms with Crippen molar-refractivity contribution in [2.24, 2.45) is 23.2 Å². The molecule has 2 aliphatic carbocycles. The summed E-state index contributed by atoms with van der Waals surface area (Å²) in [7, 11) is 1.22. The molecule has 1 saturated heterocycles. The molecule has 1 aliphatic heterocycles. The Balaban J connectivity index is 2.08. The lowest BCUT2D eigenvalue weighted by Gasteiger charge is -2.48. The van der Waals surface area contributed by atoms with E-state index in [2.05, 4.69) is 4.74 Å². The Labute approximate surface area is 129 Å². The Morgan fingerprint density at radius 2 is 2.05 bits per heavy atom. The normalized spacial score (nSPS) is 48.2. The molecule has 0 aromatic carbocycles. The number of carbonyl (C=O) groups is 2. The van der Waals surface area contributed by atoms with Gasteiger partial charge in [0.15, 0.2) is 0 Å². The topological polar surface area (TPSA) is 93.1 Å². The maximum absolute atomic E-state index is 12.4. The smallest absolute Gasteiger partial charge is 0.337 e. The predicted molar refractivity (Wildman–Crippen MR) is 75.5 cm³/mol. The van der Waals surface area contributed by atoms with E-state index in [4.69, 9.17) is 4.74 Å². The number of ether oxygens (including phenoxy) is 2. The van der Waals surface area contributed by atoms with Crippen LogP contribution in [-0.4, -0.2) is 47.6 Å². The molecule has 22 heavy (non-hydrogen) atoms. The van der Waals surface area contributed by atoms with Crippen LogP contribution in [0.2, 0.25) is 0 Å². The second kappa shape index (κ2) is 4.55. The van der Waals surface area contributed by atoms with Gasteiger partial charge in [0.2, 0.25) is 0 Å². The zero-order valence-electron chi connectivity index (χ0n) is 13.3. The number of methoxy groups -OCH3 is 1. The molecule has 2 N–H and O–H groups in total. The van der Waals surface area contributed by atoms with Crippen molar-refractivity contribution >= 4 is 11.9 Å². The van der Waals surface area contributed by atoms with Gasteiger partial charge < -0.3 is 19.7 Å². The number of fused-ring (bicyclic) bond motifs is 3. The predicted octanol–water partition coefficient (Wildman–Crippen LogP) is 0.417. The highest BCUT2D eigenvalue weighted by Crippen LogP contribution is 2.72. The highest BCUT2D eigenvalue weighted by molar-refractivity contribution is 6.01. The van der Waals surface area contributed by atoms with Crippen LogP contribution in [0.25, 0.3) is 0 Å². The standard InChI is InChI=1S/C16H22O6/c1-7(13(19)21-4)10-11(18)12-15(2,6-17)8-5-9(8)16(12,3)22-14(10)20/h8-9,11-12,17-18H,5-6H2,1-4H3/b10-7+/t8-,9+,11+,12-,15+,16+/m1/s1. The molecule has 3 fully saturated rings. The van der Waals surface area contributed by atoms with E-state index in [-0.39, 0.29) is 29.6 Å². The third-order valence-electron chi connectivity index (χ3n) is 6.08. The summed E-state index contributed by atoms with van der Waals surface area (Å²) in [5, 5.41) is 20.7. The molecule has 0 aromatic heterocycles. The largest absolute Gasteiger partial charge is 0.466 e. The number of aliphatic hydroxyl groups is 2. The van der Waals surface area contributed by atoms with Crippen LogP contribution in [0.4, 0.5) is 0 Å². The van der Waals surface area contributed by atoms with Crippen LogP contribution < -0.4 is 0 Å². The summed E-state index contributed by atoms with van der Waals surface area (Å²) < 4.78 is 10.3. The average Bonchev–Trinajstić information content (AvgIpc) is 3.23. The number of hydrogen-bond donors (Lipinski definition) is 2. The molecule has 3 aliphatic rings. The van der Waals surface area contributed by atoms with Gasteiger partial charge in [0.1, 0.15) is 5.60 Å². The van der Waals surface area contributed by atoms with Gasteiger partial charge in [-0.05, 0) is 26.2 Å². The zero-order valence-corrected chi connectivity index (χ0v) is 13.3. The number of carbonyl (C=O) groups excluding carboxylic acids is 2. The molecule has 6 nitrogen and oxygen atoms in total. The molecular weight excluding hydrogens is 288 g/mol. The molecule has 1 heterocycles. The lowest BCUT2D eigenvalue weighted by atomic mass is 9.65. The molecule has 3 rings (SSSR count). The van der Waals surface area contributed by atoms with E-state index < -0.39 is 35.0 Å². The molecule has 2 saturated carbocycles. The third kappa shape index (κ3) is 1.68. The maximum Gasteiger partial charge on any atom is 0.337 e. The number of aliphatic hydroxyl groups excluding tert-OH is 2. The van der Waals surface area contributed by atoms with Gasteiger partial charge in [-0.1, -0.05) is 6.92 Å². The molecule has 0 amide bonds. The fourth-order valence-electron chi connectivity index (χ4n) is 4.88. The van der Waals surface area contributed by atoms with Crippen molar-refractivity contribution in [3.05, 3.63) is 11.1 Å². The summed E-state index contributed by atoms with van der Waals surface area (Å²) in [6, 6.07) is 0. The van der Waals surface area contributed by atoms with Crippen molar-refractivity contribution in [2.75, 3.05) is 13.7 Å². The van der Waals surface area contributed by atoms with Crippen LogP contribution in [0.3, 0.4) is 0 Å². The molecule has 6 heteroatoms. The van der Waals surface area contributed by atoms with E-state index in [9.17, 15) is 19.8 Å². The van der Waals surface area contributed by atoms with Crippen LogP contribution in [0.1, 0.15) is 27.2 Å². The number of esters is 2. The van der Waals surface area contributed by atoms with Crippen molar-refractivity contribution < 1.29 is 29.3 Å². The molecule has 0 bridgehead atoms. The van der Waals surface area contributed by atoms with E-state index in [1.165, 1.54) is 14.0 Å². The van der Waals surface area contributed by atoms with Gasteiger partial charge in [0.25, 0.3) is 0 Å². The Bertz CT molecular complexity index is 581. The van der Waals surface area contributed by atoms with E-state index in [1.807, 2.05) is 13.8 Å². The molecule has 122 valence electrons. The molecule has 0 unspecified atom stereocenters. The summed E-state index contributed by atoms with van der Waals surface area (Å²) in [4.78, 5) is 24.1. The summed E-state index contributed by atoms with van der Waals surface area (Å²) >= 11 is 0. The van der Waals surface area contributed by atoms with Crippen molar-refractivity contribution in [2.45, 2.75) is 38.9 Å². The Hall–Kier alpha value is -1.40. The minimum atomic E-state index is -1.14. The van der Waals surface area contributed by atoms with Crippen molar-refractivity contribution in [1.29, 1.82) is 0 Å². The molecule has 0 aromatic rings. The Morgan fingerprint density at radius 1 is 1.41 bits per heavy atom. The summed E-state index contributed by atoms with van der Waals surface area (Å²) in [5.41, 5.74) is -1.31. The van der Waals surface area contributed by atoms with Crippen molar-refractivity contribution in [1.82, 2.24) is 0 Å². The van der Waals surface area contributed by atoms with Crippen LogP contribution in [0.15, 0.2) is 11.1 Å². The second-order valence-electron chi connectivity index (χ2n) is 7.14. The first-order valence-electron chi connectivity index (χ1n) is 7.53. The SMILES string of the molecule is COC(=O)/C(C)=C1/C(=O)O[C@]2(C)[C@H]([C@H]1O)[C@@](C)(CO)[C@@H]1C[C@@H]12. The maximum atomic E-state index is 12.4. The molecular formula is C16H22O6. The summed E-state index contributed by atoms with van der Waals surface area (Å²) in [6.07, 6.45) is -0.255. The Kier molecular flexibility index (Phi) is 3.21. The first-order chi connectivity index (χ1) is 10.2. The lowest BCUT2D eigenvalue weighted by molar-refractivity contribution is -0.186. The van der Waals surface area contributed by atoms with E-state index in [1.54, 1.807) is 0 Å².